The van der Waals surface area contributed by atoms with Crippen molar-refractivity contribution in [2.24, 2.45) is 21.6 Å². The molecular weight excluding hydrogens is 511 g/mol. The van der Waals surface area contributed by atoms with Crippen LogP contribution in [0.1, 0.15) is 78.6 Å². The number of rotatable bonds is 15. The molecule has 218 valence electrons. The molecule has 1 amide bonds. The number of amidine groups is 1. The number of nitrogens with zero attached hydrogens (tertiary/aromatic N) is 3. The molecule has 0 aliphatic carbocycles. The zero-order valence-electron chi connectivity index (χ0n) is 22.9. The van der Waals surface area contributed by atoms with Crippen LogP contribution in [0.3, 0.4) is 0 Å². The van der Waals surface area contributed by atoms with Gasteiger partial charge in [0.1, 0.15) is 24.5 Å². The lowest BCUT2D eigenvalue weighted by molar-refractivity contribution is -0.160. The molecular formula is C26H41FN6O6. The molecule has 3 aliphatic heterocycles. The fourth-order valence-corrected chi connectivity index (χ4v) is 4.89. The number of aliphatic hydroxyl groups is 1. The summed E-state index contributed by atoms with van der Waals surface area (Å²) < 4.78 is 25.6. The highest BCUT2D eigenvalue weighted by atomic mass is 19.1. The van der Waals surface area contributed by atoms with Gasteiger partial charge in [0.05, 0.1) is 12.9 Å². The van der Waals surface area contributed by atoms with Crippen LogP contribution in [0, 0.1) is 11.3 Å². The maximum atomic E-state index is 14.4. The number of fused-ring (bicyclic) bond motifs is 1. The second kappa shape index (κ2) is 13.5. The molecule has 3 unspecified atom stereocenters. The zero-order valence-corrected chi connectivity index (χ0v) is 22.9. The van der Waals surface area contributed by atoms with Crippen molar-refractivity contribution in [1.29, 1.82) is 5.41 Å². The summed E-state index contributed by atoms with van der Waals surface area (Å²) in [6.07, 6.45) is 2.38. The van der Waals surface area contributed by atoms with Gasteiger partial charge >= 0.3 is 5.97 Å². The summed E-state index contributed by atoms with van der Waals surface area (Å²) in [4.78, 5) is 49.9. The van der Waals surface area contributed by atoms with Crippen LogP contribution in [0.2, 0.25) is 0 Å². The molecule has 1 fully saturated rings. The third kappa shape index (κ3) is 6.52. The maximum absolute atomic E-state index is 14.4. The Morgan fingerprint density at radius 2 is 2.03 bits per heavy atom. The molecule has 0 aromatic rings. The van der Waals surface area contributed by atoms with Crippen LogP contribution < -0.4 is 11.1 Å². The minimum absolute atomic E-state index is 0.151. The van der Waals surface area contributed by atoms with E-state index < -0.39 is 66.4 Å². The van der Waals surface area contributed by atoms with Gasteiger partial charge < -0.3 is 20.3 Å². The van der Waals surface area contributed by atoms with E-state index in [0.29, 0.717) is 12.8 Å². The minimum atomic E-state index is -2.25. The Balaban J connectivity index is 1.88. The van der Waals surface area contributed by atoms with Gasteiger partial charge in [-0.2, -0.15) is 4.99 Å². The first-order chi connectivity index (χ1) is 18.6. The molecule has 1 saturated heterocycles. The summed E-state index contributed by atoms with van der Waals surface area (Å²) in [6, 6.07) is -0.957. The number of esters is 1. The van der Waals surface area contributed by atoms with E-state index in [4.69, 9.17) is 20.6 Å². The normalized spacial score (nSPS) is 28.5. The number of aliphatic imine (C=N–C) groups is 2. The summed E-state index contributed by atoms with van der Waals surface area (Å²) in [5.41, 5.74) is 3.83. The number of hydrogen-bond acceptors (Lipinski definition) is 10. The highest BCUT2D eigenvalue weighted by Gasteiger charge is 2.61. The molecule has 12 nitrogen and oxygen atoms in total. The number of nitrogens with two attached hydrogens (primary N) is 1. The van der Waals surface area contributed by atoms with Gasteiger partial charge in [-0.15, -0.1) is 0 Å². The van der Waals surface area contributed by atoms with Crippen molar-refractivity contribution in [2.45, 2.75) is 115 Å². The minimum Gasteiger partial charge on any atom is -0.453 e. The van der Waals surface area contributed by atoms with Gasteiger partial charge in [-0.05, 0) is 18.8 Å². The van der Waals surface area contributed by atoms with Crippen molar-refractivity contribution >= 4 is 35.8 Å². The van der Waals surface area contributed by atoms with Crippen LogP contribution >= 0.6 is 0 Å². The second-order valence-corrected chi connectivity index (χ2v) is 10.4. The number of ether oxygens (including phenoxy) is 2. The van der Waals surface area contributed by atoms with Crippen LogP contribution in [-0.4, -0.2) is 88.6 Å². The third-order valence-electron chi connectivity index (χ3n) is 7.63. The predicted octanol–water partition coefficient (Wildman–Crippen LogP) is 1.58. The van der Waals surface area contributed by atoms with Gasteiger partial charge in [0.15, 0.2) is 11.9 Å². The average Bonchev–Trinajstić information content (AvgIpc) is 3.49. The summed E-state index contributed by atoms with van der Waals surface area (Å²) in [7, 11) is 0. The SMILES string of the molecule is CCCCCCCCC(OC(=O)[C@@H](N)[C@@H](C)CC)C(=O)C12N=CN([C@H]3CC(F)[C@@H](CO)O3)C1=NC(=N)NC2=O. The molecule has 0 spiro atoms. The molecule has 7 atom stereocenters. The van der Waals surface area contributed by atoms with Gasteiger partial charge in [-0.1, -0.05) is 59.3 Å². The second-order valence-electron chi connectivity index (χ2n) is 10.4. The molecule has 0 saturated carbocycles. The van der Waals surface area contributed by atoms with Crippen LogP contribution in [0.15, 0.2) is 9.98 Å². The lowest BCUT2D eigenvalue weighted by Gasteiger charge is -2.34. The van der Waals surface area contributed by atoms with E-state index in [-0.39, 0.29) is 24.6 Å². The lowest BCUT2D eigenvalue weighted by Crippen LogP contribution is -2.65. The Morgan fingerprint density at radius 1 is 1.33 bits per heavy atom. The number of ketones is 1. The molecule has 39 heavy (non-hydrogen) atoms. The molecule has 0 aromatic heterocycles. The van der Waals surface area contributed by atoms with Crippen molar-refractivity contribution in [3.8, 4) is 0 Å². The Morgan fingerprint density at radius 3 is 2.67 bits per heavy atom. The van der Waals surface area contributed by atoms with Gasteiger partial charge in [0.2, 0.25) is 11.7 Å². The Hall–Kier alpha value is -2.77. The summed E-state index contributed by atoms with van der Waals surface area (Å²) in [6.45, 7) is 5.25. The van der Waals surface area contributed by atoms with Gasteiger partial charge in [0, 0.05) is 6.42 Å². The number of hydrogen-bond donors (Lipinski definition) is 4. The number of halogens is 1. The van der Waals surface area contributed by atoms with E-state index in [1.165, 1.54) is 4.90 Å². The van der Waals surface area contributed by atoms with Gasteiger partial charge in [-0.25, -0.2) is 9.38 Å². The third-order valence-corrected chi connectivity index (χ3v) is 7.63. The van der Waals surface area contributed by atoms with Crippen LogP contribution in [-0.2, 0) is 23.9 Å². The number of alkyl halides is 1. The molecule has 0 aromatic carbocycles. The number of carbonyl (C=O) groups is 3. The Kier molecular flexibility index (Phi) is 10.7. The Bertz CT molecular complexity index is 992. The van der Waals surface area contributed by atoms with Crippen LogP contribution in [0.4, 0.5) is 4.39 Å². The number of amides is 1. The first kappa shape index (κ1) is 30.8. The number of carbonyl (C=O) groups excluding carboxylic acids is 3. The Labute approximate surface area is 228 Å². The summed E-state index contributed by atoms with van der Waals surface area (Å²) in [5.74, 6) is -3.44. The van der Waals surface area contributed by atoms with Crippen molar-refractivity contribution < 1.29 is 33.4 Å². The molecule has 13 heteroatoms. The average molecular weight is 553 g/mol. The quantitative estimate of drug-likeness (QED) is 0.134. The van der Waals surface area contributed by atoms with Crippen LogP contribution in [0.25, 0.3) is 0 Å². The number of aliphatic hydroxyl groups excluding tert-OH is 1. The number of guanidine groups is 1. The number of nitrogens with one attached hydrogen (secondary N) is 2. The number of Topliss-reactive ketones (excluding diaryl/α,β-unsaturated/α-hetero) is 1. The summed E-state index contributed by atoms with van der Waals surface area (Å²) >= 11 is 0. The molecule has 0 radical (unpaired) electrons. The molecule has 3 aliphatic rings. The van der Waals surface area contributed by atoms with Crippen molar-refractivity contribution in [3.63, 3.8) is 0 Å². The van der Waals surface area contributed by atoms with E-state index in [9.17, 15) is 23.9 Å². The standard InChI is InChI=1S/C26H41FN6O6/c1-4-6-7-8-9-10-11-17(39-22(36)20(28)15(3)5-2)21(35)26-23(31-25(29)32-24(26)37)33(14-30-26)19-12-16(27)18(13-34)38-19/h14-20,34H,4-13,28H2,1-3H3,(H2,29,32,37)/t15-,16?,17?,18+,19+,20-,26?/m0/s1. The molecule has 3 rings (SSSR count). The largest absolute Gasteiger partial charge is 0.453 e. The first-order valence-electron chi connectivity index (χ1n) is 13.8. The fraction of sp³-hybridized carbons (Fsp3) is 0.769. The number of unbranched alkanes of at least 4 members (excludes halogenated alkanes) is 5. The lowest BCUT2D eigenvalue weighted by atomic mass is 9.85. The smallest absolute Gasteiger partial charge is 0.323 e. The van der Waals surface area contributed by atoms with E-state index in [1.54, 1.807) is 6.92 Å². The molecule has 3 heterocycles. The van der Waals surface area contributed by atoms with E-state index in [2.05, 4.69) is 22.2 Å². The topological polar surface area (TPSA) is 180 Å². The van der Waals surface area contributed by atoms with E-state index in [0.717, 1.165) is 38.4 Å². The van der Waals surface area contributed by atoms with Crippen molar-refractivity contribution in [2.75, 3.05) is 6.61 Å². The van der Waals surface area contributed by atoms with E-state index in [1.807, 2.05) is 6.92 Å². The van der Waals surface area contributed by atoms with Gasteiger partial charge in [-0.3, -0.25) is 30.0 Å². The van der Waals surface area contributed by atoms with Crippen molar-refractivity contribution in [3.05, 3.63) is 0 Å². The van der Waals surface area contributed by atoms with Gasteiger partial charge in [0.25, 0.3) is 11.4 Å². The summed E-state index contributed by atoms with van der Waals surface area (Å²) in [5, 5.41) is 19.6. The maximum Gasteiger partial charge on any atom is 0.323 e. The molecule has 5 N–H and O–H groups in total. The highest BCUT2D eigenvalue weighted by Crippen LogP contribution is 2.34. The monoisotopic (exact) mass is 552 g/mol. The zero-order chi connectivity index (χ0) is 28.7. The fourth-order valence-electron chi connectivity index (χ4n) is 4.89. The molecule has 0 bridgehead atoms. The predicted molar refractivity (Wildman–Crippen MR) is 142 cm³/mol. The first-order valence-corrected chi connectivity index (χ1v) is 13.8. The van der Waals surface area contributed by atoms with E-state index >= 15 is 0 Å². The van der Waals surface area contributed by atoms with Crippen LogP contribution in [0.5, 0.6) is 0 Å². The van der Waals surface area contributed by atoms with Crippen molar-refractivity contribution in [1.82, 2.24) is 10.2 Å². The highest BCUT2D eigenvalue weighted by molar-refractivity contribution is 6.39.